The average molecular weight is 426 g/mol. The van der Waals surface area contributed by atoms with Gasteiger partial charge < -0.3 is 14.6 Å². The van der Waals surface area contributed by atoms with Crippen molar-refractivity contribution in [2.45, 2.75) is 59.9 Å². The normalized spacial score (nSPS) is 25.0. The number of ether oxygens (including phenoxy) is 1. The van der Waals surface area contributed by atoms with E-state index in [9.17, 15) is 9.59 Å². The maximum atomic E-state index is 13.2. The number of nitrogens with one attached hydrogen (secondary N) is 1. The number of anilines is 1. The van der Waals surface area contributed by atoms with Crippen LogP contribution in [0.15, 0.2) is 18.2 Å². The zero-order valence-corrected chi connectivity index (χ0v) is 19.7. The second kappa shape index (κ2) is 7.66. The van der Waals surface area contributed by atoms with Crippen molar-refractivity contribution in [2.24, 2.45) is 17.9 Å². The largest absolute Gasteiger partial charge is 0.461 e. The Balaban J connectivity index is 1.61. The van der Waals surface area contributed by atoms with E-state index in [0.29, 0.717) is 29.4 Å². The van der Waals surface area contributed by atoms with Crippen LogP contribution >= 0.6 is 0 Å². The van der Waals surface area contributed by atoms with Crippen LogP contribution in [0.4, 0.5) is 5.69 Å². The molecule has 2 atom stereocenters. The van der Waals surface area contributed by atoms with Gasteiger partial charge in [-0.25, -0.2) is 4.79 Å². The number of hydrogen-bond acceptors (Lipinski definition) is 4. The quantitative estimate of drug-likeness (QED) is 0.717. The standard InChI is InChI=1S/C25H35N3O3/c1-7-31-23(30)22-21(18-10-16(2)8-9-19(18)27(22)6)26-20(29)13-28-15-25(5)12-17(28)11-24(3,4)14-25/h8-10,17H,7,11-15H2,1-6H3,(H,26,29)/t17-,25+/m0/s1. The van der Waals surface area contributed by atoms with Crippen molar-refractivity contribution in [2.75, 3.05) is 25.0 Å². The Morgan fingerprint density at radius 2 is 1.97 bits per heavy atom. The highest BCUT2D eigenvalue weighted by molar-refractivity contribution is 6.11. The van der Waals surface area contributed by atoms with E-state index in [1.54, 1.807) is 6.92 Å². The Bertz CT molecular complexity index is 1040. The van der Waals surface area contributed by atoms with Crippen molar-refractivity contribution in [3.8, 4) is 0 Å². The Hall–Kier alpha value is -2.34. The molecule has 1 aliphatic carbocycles. The van der Waals surface area contributed by atoms with E-state index in [0.717, 1.165) is 35.9 Å². The Labute approximate surface area is 184 Å². The number of esters is 1. The lowest BCUT2D eigenvalue weighted by molar-refractivity contribution is -0.117. The number of nitrogens with zero attached hydrogens (tertiary/aromatic N) is 2. The minimum absolute atomic E-state index is 0.0755. The van der Waals surface area contributed by atoms with E-state index in [4.69, 9.17) is 4.74 Å². The van der Waals surface area contributed by atoms with E-state index in [2.05, 4.69) is 31.0 Å². The molecule has 2 aromatic rings. The van der Waals surface area contributed by atoms with Gasteiger partial charge in [-0.2, -0.15) is 0 Å². The van der Waals surface area contributed by atoms with E-state index >= 15 is 0 Å². The van der Waals surface area contributed by atoms with Crippen LogP contribution in [0.5, 0.6) is 0 Å². The number of likely N-dealkylation sites (tertiary alicyclic amines) is 1. The molecule has 1 aliphatic heterocycles. The summed E-state index contributed by atoms with van der Waals surface area (Å²) in [4.78, 5) is 28.2. The molecule has 2 bridgehead atoms. The molecule has 4 rings (SSSR count). The van der Waals surface area contributed by atoms with Crippen molar-refractivity contribution >= 4 is 28.5 Å². The van der Waals surface area contributed by atoms with Crippen LogP contribution in [-0.4, -0.2) is 47.1 Å². The van der Waals surface area contributed by atoms with Crippen LogP contribution in [0.3, 0.4) is 0 Å². The fraction of sp³-hybridized carbons (Fsp3) is 0.600. The summed E-state index contributed by atoms with van der Waals surface area (Å²) in [6.45, 7) is 12.4. The van der Waals surface area contributed by atoms with Gasteiger partial charge in [0.1, 0.15) is 0 Å². The predicted octanol–water partition coefficient (Wildman–Crippen LogP) is 4.50. The molecule has 0 radical (unpaired) electrons. The third kappa shape index (κ3) is 4.10. The van der Waals surface area contributed by atoms with Crippen LogP contribution in [0.25, 0.3) is 10.9 Å². The van der Waals surface area contributed by atoms with Gasteiger partial charge in [-0.3, -0.25) is 9.69 Å². The molecule has 1 saturated carbocycles. The first-order valence-corrected chi connectivity index (χ1v) is 11.3. The number of aromatic nitrogens is 1. The molecule has 1 aromatic heterocycles. The third-order valence-corrected chi connectivity index (χ3v) is 6.96. The predicted molar refractivity (Wildman–Crippen MR) is 123 cm³/mol. The van der Waals surface area contributed by atoms with Crippen molar-refractivity contribution in [1.29, 1.82) is 0 Å². The van der Waals surface area contributed by atoms with Gasteiger partial charge >= 0.3 is 5.97 Å². The molecule has 2 heterocycles. The first-order valence-electron chi connectivity index (χ1n) is 11.3. The van der Waals surface area contributed by atoms with Gasteiger partial charge in [0.2, 0.25) is 5.91 Å². The summed E-state index contributed by atoms with van der Waals surface area (Å²) < 4.78 is 7.11. The number of hydrogen-bond donors (Lipinski definition) is 1. The lowest BCUT2D eigenvalue weighted by Crippen LogP contribution is -2.38. The van der Waals surface area contributed by atoms with Crippen molar-refractivity contribution in [3.05, 3.63) is 29.5 Å². The van der Waals surface area contributed by atoms with E-state index in [1.165, 1.54) is 6.42 Å². The van der Waals surface area contributed by atoms with Gasteiger partial charge in [0.15, 0.2) is 5.69 Å². The summed E-state index contributed by atoms with van der Waals surface area (Å²) in [5, 5.41) is 3.95. The fourth-order valence-corrected chi connectivity index (χ4v) is 6.25. The lowest BCUT2D eigenvalue weighted by Gasteiger charge is -2.39. The second-order valence-electron chi connectivity index (χ2n) is 10.7. The number of aryl methyl sites for hydroxylation is 2. The SMILES string of the molecule is CCOC(=O)c1c(NC(=O)CN2C[C@]3(C)C[C@@H]2CC(C)(C)C3)c2cc(C)ccc2n1C. The van der Waals surface area contributed by atoms with Crippen LogP contribution < -0.4 is 5.32 Å². The van der Waals surface area contributed by atoms with Crippen molar-refractivity contribution < 1.29 is 14.3 Å². The minimum atomic E-state index is -0.416. The smallest absolute Gasteiger partial charge is 0.357 e. The first kappa shape index (κ1) is 21.9. The van der Waals surface area contributed by atoms with Gasteiger partial charge in [-0.1, -0.05) is 32.4 Å². The second-order valence-corrected chi connectivity index (χ2v) is 10.7. The molecule has 1 amide bonds. The molecule has 0 spiro atoms. The van der Waals surface area contributed by atoms with Gasteiger partial charge in [0.25, 0.3) is 0 Å². The monoisotopic (exact) mass is 425 g/mol. The van der Waals surface area contributed by atoms with Gasteiger partial charge in [0, 0.05) is 25.0 Å². The summed E-state index contributed by atoms with van der Waals surface area (Å²) in [6.07, 6.45) is 3.48. The highest BCUT2D eigenvalue weighted by atomic mass is 16.5. The maximum Gasteiger partial charge on any atom is 0.357 e. The topological polar surface area (TPSA) is 63.6 Å². The molecule has 2 aliphatic rings. The molecule has 31 heavy (non-hydrogen) atoms. The lowest BCUT2D eigenvalue weighted by atomic mass is 9.65. The summed E-state index contributed by atoms with van der Waals surface area (Å²) >= 11 is 0. The molecule has 0 unspecified atom stereocenters. The maximum absolute atomic E-state index is 13.2. The third-order valence-electron chi connectivity index (χ3n) is 6.96. The molecule has 1 N–H and O–H groups in total. The van der Waals surface area contributed by atoms with Gasteiger partial charge in [-0.05, 0) is 56.1 Å². The molecule has 2 fully saturated rings. The Kier molecular flexibility index (Phi) is 5.41. The summed E-state index contributed by atoms with van der Waals surface area (Å²) in [5.41, 5.74) is 3.51. The first-order chi connectivity index (χ1) is 14.5. The molecule has 6 heteroatoms. The summed E-state index contributed by atoms with van der Waals surface area (Å²) in [7, 11) is 1.84. The number of carbonyl (C=O) groups excluding carboxylic acids is 2. The van der Waals surface area contributed by atoms with Crippen LogP contribution in [0, 0.1) is 17.8 Å². The molecular formula is C25H35N3O3. The Morgan fingerprint density at radius 1 is 1.23 bits per heavy atom. The Morgan fingerprint density at radius 3 is 2.68 bits per heavy atom. The molecule has 168 valence electrons. The van der Waals surface area contributed by atoms with E-state index in [-0.39, 0.29) is 17.9 Å². The summed E-state index contributed by atoms with van der Waals surface area (Å²) in [5.74, 6) is -0.492. The number of carbonyl (C=O) groups is 2. The van der Waals surface area contributed by atoms with E-state index < -0.39 is 5.97 Å². The van der Waals surface area contributed by atoms with Gasteiger partial charge in [0.05, 0.1) is 24.4 Å². The zero-order chi connectivity index (χ0) is 22.6. The van der Waals surface area contributed by atoms with Crippen LogP contribution in [0.1, 0.15) is 63.0 Å². The average Bonchev–Trinajstić information content (AvgIpc) is 3.04. The minimum Gasteiger partial charge on any atom is -0.461 e. The van der Waals surface area contributed by atoms with Crippen molar-refractivity contribution in [1.82, 2.24) is 9.47 Å². The number of benzene rings is 1. The molecule has 1 aromatic carbocycles. The summed E-state index contributed by atoms with van der Waals surface area (Å²) in [6, 6.07) is 6.45. The highest BCUT2D eigenvalue weighted by Gasteiger charge is 2.49. The van der Waals surface area contributed by atoms with Crippen LogP contribution in [0.2, 0.25) is 0 Å². The zero-order valence-electron chi connectivity index (χ0n) is 19.7. The number of amides is 1. The van der Waals surface area contributed by atoms with Gasteiger partial charge in [-0.15, -0.1) is 0 Å². The molecular weight excluding hydrogens is 390 g/mol. The number of rotatable bonds is 5. The number of fused-ring (bicyclic) bond motifs is 3. The fourth-order valence-electron chi connectivity index (χ4n) is 6.25. The molecule has 1 saturated heterocycles. The highest BCUT2D eigenvalue weighted by Crippen LogP contribution is 2.52. The van der Waals surface area contributed by atoms with Crippen LogP contribution in [-0.2, 0) is 16.6 Å². The van der Waals surface area contributed by atoms with Crippen molar-refractivity contribution in [3.63, 3.8) is 0 Å². The molecule has 6 nitrogen and oxygen atoms in total. The van der Waals surface area contributed by atoms with E-state index in [1.807, 2.05) is 36.7 Å².